The predicted molar refractivity (Wildman–Crippen MR) is 85.3 cm³/mol. The monoisotopic (exact) mass is 290 g/mol. The van der Waals surface area contributed by atoms with E-state index in [0.717, 1.165) is 11.3 Å². The molecule has 0 unspecified atom stereocenters. The van der Waals surface area contributed by atoms with E-state index in [1.165, 1.54) is 32.1 Å². The smallest absolute Gasteiger partial charge is 0.241 e. The van der Waals surface area contributed by atoms with Crippen LogP contribution in [-0.4, -0.2) is 37.6 Å². The summed E-state index contributed by atoms with van der Waals surface area (Å²) in [6, 6.07) is 8.11. The summed E-state index contributed by atoms with van der Waals surface area (Å²) in [7, 11) is 3.52. The van der Waals surface area contributed by atoms with Crippen LogP contribution in [0.5, 0.6) is 0 Å². The van der Waals surface area contributed by atoms with E-state index in [4.69, 9.17) is 4.74 Å². The van der Waals surface area contributed by atoms with Crippen molar-refractivity contribution in [3.63, 3.8) is 0 Å². The number of amides is 1. The lowest BCUT2D eigenvalue weighted by Gasteiger charge is -2.22. The van der Waals surface area contributed by atoms with Crippen molar-refractivity contribution in [3.8, 4) is 0 Å². The Morgan fingerprint density at radius 1 is 1.29 bits per heavy atom. The first-order chi connectivity index (χ1) is 10.1. The highest BCUT2D eigenvalue weighted by Gasteiger charge is 2.13. The van der Waals surface area contributed by atoms with Gasteiger partial charge in [0.05, 0.1) is 19.3 Å². The predicted octanol–water partition coefficient (Wildman–Crippen LogP) is 3.04. The Bertz CT molecular complexity index is 454. The van der Waals surface area contributed by atoms with Gasteiger partial charge in [0.15, 0.2) is 0 Å². The lowest BCUT2D eigenvalue weighted by atomic mass is 9.98. The molecule has 1 aliphatic carbocycles. The quantitative estimate of drug-likeness (QED) is 0.875. The van der Waals surface area contributed by atoms with Gasteiger partial charge in [0.25, 0.3) is 0 Å². The number of hydrogen-bond acceptors (Lipinski definition) is 3. The summed E-state index contributed by atoms with van der Waals surface area (Å²) >= 11 is 0. The molecule has 1 aromatic carbocycles. The fourth-order valence-electron chi connectivity index (χ4n) is 2.55. The van der Waals surface area contributed by atoms with E-state index in [9.17, 15) is 4.79 Å². The number of rotatable bonds is 6. The van der Waals surface area contributed by atoms with E-state index in [1.807, 2.05) is 12.1 Å². The highest BCUT2D eigenvalue weighted by atomic mass is 16.5. The molecule has 0 radical (unpaired) electrons. The van der Waals surface area contributed by atoms with Crippen LogP contribution >= 0.6 is 0 Å². The zero-order valence-corrected chi connectivity index (χ0v) is 13.1. The largest absolute Gasteiger partial charge is 0.376 e. The number of carbonyl (C=O) groups is 1. The highest BCUT2D eigenvalue weighted by Crippen LogP contribution is 2.22. The molecular weight excluding hydrogens is 264 g/mol. The van der Waals surface area contributed by atoms with Crippen LogP contribution in [0.25, 0.3) is 0 Å². The normalized spacial score (nSPS) is 15.7. The van der Waals surface area contributed by atoms with Crippen molar-refractivity contribution in [2.45, 2.75) is 44.8 Å². The van der Waals surface area contributed by atoms with Crippen LogP contribution in [-0.2, 0) is 16.1 Å². The molecule has 1 amide bonds. The average Bonchev–Trinajstić information content (AvgIpc) is 2.52. The lowest BCUT2D eigenvalue weighted by molar-refractivity contribution is -0.126. The Labute approximate surface area is 127 Å². The average molecular weight is 290 g/mol. The minimum absolute atomic E-state index is 0.0684. The molecule has 2 rings (SSSR count). The van der Waals surface area contributed by atoms with E-state index in [-0.39, 0.29) is 5.91 Å². The number of nitrogens with one attached hydrogen (secondary N) is 1. The molecular formula is C17H26N2O2. The molecule has 116 valence electrons. The van der Waals surface area contributed by atoms with Gasteiger partial charge in [-0.3, -0.25) is 4.79 Å². The van der Waals surface area contributed by atoms with E-state index < -0.39 is 0 Å². The Hall–Kier alpha value is -1.55. The minimum atomic E-state index is 0.0684. The number of likely N-dealkylation sites (N-methyl/N-ethyl adjacent to an activating group) is 1. The second kappa shape index (κ2) is 8.03. The minimum Gasteiger partial charge on any atom is -0.376 e. The number of benzene rings is 1. The van der Waals surface area contributed by atoms with Gasteiger partial charge < -0.3 is 15.0 Å². The fourth-order valence-corrected chi connectivity index (χ4v) is 2.55. The van der Waals surface area contributed by atoms with Gasteiger partial charge in [-0.1, -0.05) is 31.4 Å². The van der Waals surface area contributed by atoms with E-state index in [2.05, 4.69) is 17.4 Å². The molecule has 0 heterocycles. The summed E-state index contributed by atoms with van der Waals surface area (Å²) in [4.78, 5) is 13.2. The van der Waals surface area contributed by atoms with Crippen molar-refractivity contribution in [1.29, 1.82) is 0 Å². The molecule has 1 aromatic rings. The number of hydrogen-bond donors (Lipinski definition) is 1. The van der Waals surface area contributed by atoms with Crippen molar-refractivity contribution in [1.82, 2.24) is 4.90 Å². The number of nitrogens with zero attached hydrogens (tertiary/aromatic N) is 1. The standard InChI is InChI=1S/C17H26N2O2/c1-19(2)17(20)12-18-15-8-6-7-14(11-15)13-21-16-9-4-3-5-10-16/h6-8,11,16,18H,3-5,9-10,12-13H2,1-2H3. The first kappa shape index (κ1) is 15.8. The highest BCUT2D eigenvalue weighted by molar-refractivity contribution is 5.80. The van der Waals surface area contributed by atoms with Gasteiger partial charge in [-0.25, -0.2) is 0 Å². The van der Waals surface area contributed by atoms with Crippen LogP contribution in [0.15, 0.2) is 24.3 Å². The molecule has 0 spiro atoms. The van der Waals surface area contributed by atoms with Crippen molar-refractivity contribution in [3.05, 3.63) is 29.8 Å². The molecule has 4 heteroatoms. The second-order valence-corrected chi connectivity index (χ2v) is 5.91. The second-order valence-electron chi connectivity index (χ2n) is 5.91. The summed E-state index contributed by atoms with van der Waals surface area (Å²) < 4.78 is 5.98. The summed E-state index contributed by atoms with van der Waals surface area (Å²) in [6.07, 6.45) is 6.73. The third kappa shape index (κ3) is 5.38. The Kier molecular flexibility index (Phi) is 6.05. The van der Waals surface area contributed by atoms with Crippen molar-refractivity contribution >= 4 is 11.6 Å². The fraction of sp³-hybridized carbons (Fsp3) is 0.588. The molecule has 1 aliphatic rings. The number of ether oxygens (including phenoxy) is 1. The van der Waals surface area contributed by atoms with Gasteiger partial charge in [0, 0.05) is 19.8 Å². The number of carbonyl (C=O) groups excluding carboxylic acids is 1. The van der Waals surface area contributed by atoms with Crippen LogP contribution in [0.3, 0.4) is 0 Å². The van der Waals surface area contributed by atoms with Gasteiger partial charge >= 0.3 is 0 Å². The molecule has 4 nitrogen and oxygen atoms in total. The van der Waals surface area contributed by atoms with Crippen LogP contribution in [0.1, 0.15) is 37.7 Å². The maximum atomic E-state index is 11.6. The molecule has 0 atom stereocenters. The van der Waals surface area contributed by atoms with Gasteiger partial charge in [-0.05, 0) is 30.5 Å². The first-order valence-corrected chi connectivity index (χ1v) is 7.80. The van der Waals surface area contributed by atoms with Crippen molar-refractivity contribution < 1.29 is 9.53 Å². The zero-order valence-electron chi connectivity index (χ0n) is 13.1. The number of anilines is 1. The summed E-state index contributed by atoms with van der Waals surface area (Å²) in [5.41, 5.74) is 2.12. The third-order valence-electron chi connectivity index (χ3n) is 3.91. The molecule has 21 heavy (non-hydrogen) atoms. The Balaban J connectivity index is 1.81. The molecule has 0 saturated heterocycles. The van der Waals surface area contributed by atoms with Crippen molar-refractivity contribution in [2.75, 3.05) is 26.0 Å². The lowest BCUT2D eigenvalue weighted by Crippen LogP contribution is -2.28. The van der Waals surface area contributed by atoms with E-state index >= 15 is 0 Å². The Morgan fingerprint density at radius 2 is 2.05 bits per heavy atom. The van der Waals surface area contributed by atoms with E-state index in [1.54, 1.807) is 19.0 Å². The van der Waals surface area contributed by atoms with Gasteiger partial charge in [0.1, 0.15) is 0 Å². The SMILES string of the molecule is CN(C)C(=O)CNc1cccc(COC2CCCCC2)c1. The van der Waals surface area contributed by atoms with Crippen LogP contribution < -0.4 is 5.32 Å². The van der Waals surface area contributed by atoms with Gasteiger partial charge in [0.2, 0.25) is 5.91 Å². The maximum Gasteiger partial charge on any atom is 0.241 e. The molecule has 0 aliphatic heterocycles. The van der Waals surface area contributed by atoms with E-state index in [0.29, 0.717) is 19.3 Å². The molecule has 1 N–H and O–H groups in total. The first-order valence-electron chi connectivity index (χ1n) is 7.80. The van der Waals surface area contributed by atoms with Crippen LogP contribution in [0, 0.1) is 0 Å². The van der Waals surface area contributed by atoms with Crippen LogP contribution in [0.2, 0.25) is 0 Å². The topological polar surface area (TPSA) is 41.6 Å². The third-order valence-corrected chi connectivity index (χ3v) is 3.91. The summed E-state index contributed by atoms with van der Waals surface area (Å²) in [5.74, 6) is 0.0684. The molecule has 0 bridgehead atoms. The summed E-state index contributed by atoms with van der Waals surface area (Å²) in [6.45, 7) is 0.974. The zero-order chi connectivity index (χ0) is 15.1. The van der Waals surface area contributed by atoms with Gasteiger partial charge in [-0.15, -0.1) is 0 Å². The maximum absolute atomic E-state index is 11.6. The molecule has 0 aromatic heterocycles. The van der Waals surface area contributed by atoms with Crippen molar-refractivity contribution in [2.24, 2.45) is 0 Å². The molecule has 1 saturated carbocycles. The summed E-state index contributed by atoms with van der Waals surface area (Å²) in [5, 5.41) is 3.16. The Morgan fingerprint density at radius 3 is 2.76 bits per heavy atom. The van der Waals surface area contributed by atoms with Crippen LogP contribution in [0.4, 0.5) is 5.69 Å². The molecule has 1 fully saturated rings. The van der Waals surface area contributed by atoms with Gasteiger partial charge in [-0.2, -0.15) is 0 Å².